The van der Waals surface area contributed by atoms with Crippen molar-refractivity contribution in [3.63, 3.8) is 0 Å². The maximum absolute atomic E-state index is 12.9. The summed E-state index contributed by atoms with van der Waals surface area (Å²) in [5, 5.41) is 11.6. The van der Waals surface area contributed by atoms with Crippen molar-refractivity contribution in [2.24, 2.45) is 0 Å². The van der Waals surface area contributed by atoms with Gasteiger partial charge in [0.25, 0.3) is 0 Å². The van der Waals surface area contributed by atoms with Gasteiger partial charge in [-0.2, -0.15) is 0 Å². The fraction of sp³-hybridized carbons (Fsp3) is 0.133. The molecule has 0 aliphatic rings. The van der Waals surface area contributed by atoms with Crippen molar-refractivity contribution < 1.29 is 23.4 Å². The zero-order chi connectivity index (χ0) is 15.2. The highest BCUT2D eigenvalue weighted by Crippen LogP contribution is 2.14. The van der Waals surface area contributed by atoms with Gasteiger partial charge in [-0.25, -0.2) is 13.6 Å². The first-order valence-electron chi connectivity index (χ1n) is 6.21. The second kappa shape index (κ2) is 6.69. The van der Waals surface area contributed by atoms with Crippen LogP contribution >= 0.6 is 0 Å². The number of carbonyl (C=O) groups is 1. The number of aromatic carboxylic acids is 1. The summed E-state index contributed by atoms with van der Waals surface area (Å²) in [4.78, 5) is 10.7. The molecule has 0 amide bonds. The van der Waals surface area contributed by atoms with Gasteiger partial charge in [-0.15, -0.1) is 0 Å². The first kappa shape index (κ1) is 14.8. The zero-order valence-corrected chi connectivity index (χ0v) is 11.0. The van der Waals surface area contributed by atoms with E-state index < -0.39 is 17.6 Å². The number of benzene rings is 2. The van der Waals surface area contributed by atoms with Crippen LogP contribution in [0.1, 0.15) is 10.4 Å². The van der Waals surface area contributed by atoms with Crippen molar-refractivity contribution in [2.45, 2.75) is 0 Å². The molecule has 0 spiro atoms. The molecular formula is C15H13F2NO3. The Morgan fingerprint density at radius 2 is 1.71 bits per heavy atom. The van der Waals surface area contributed by atoms with E-state index in [9.17, 15) is 13.6 Å². The number of carboxylic acids is 1. The molecule has 2 rings (SSSR count). The Labute approximate surface area is 120 Å². The van der Waals surface area contributed by atoms with E-state index in [0.29, 0.717) is 18.0 Å². The Balaban J connectivity index is 1.80. The summed E-state index contributed by atoms with van der Waals surface area (Å²) in [6, 6.07) is 9.14. The summed E-state index contributed by atoms with van der Waals surface area (Å²) in [6.07, 6.45) is 0. The Morgan fingerprint density at radius 3 is 2.29 bits per heavy atom. The molecule has 4 nitrogen and oxygen atoms in total. The predicted octanol–water partition coefficient (Wildman–Crippen LogP) is 3.15. The fourth-order valence-electron chi connectivity index (χ4n) is 1.71. The summed E-state index contributed by atoms with van der Waals surface area (Å²) in [7, 11) is 0. The molecule has 0 fully saturated rings. The second-order valence-electron chi connectivity index (χ2n) is 4.26. The van der Waals surface area contributed by atoms with Crippen LogP contribution in [0.3, 0.4) is 0 Å². The molecule has 0 aliphatic heterocycles. The maximum Gasteiger partial charge on any atom is 0.335 e. The number of anilines is 1. The van der Waals surface area contributed by atoms with Crippen LogP contribution in [0.2, 0.25) is 0 Å². The van der Waals surface area contributed by atoms with E-state index in [2.05, 4.69) is 5.32 Å². The van der Waals surface area contributed by atoms with Crippen LogP contribution in [0.5, 0.6) is 5.75 Å². The van der Waals surface area contributed by atoms with Gasteiger partial charge in [-0.05, 0) is 36.4 Å². The average molecular weight is 293 g/mol. The minimum Gasteiger partial charge on any atom is -0.492 e. The normalized spacial score (nSPS) is 10.2. The van der Waals surface area contributed by atoms with Crippen LogP contribution in [0.15, 0.2) is 42.5 Å². The van der Waals surface area contributed by atoms with Crippen LogP contribution < -0.4 is 10.1 Å². The Hall–Kier alpha value is -2.63. The van der Waals surface area contributed by atoms with Gasteiger partial charge < -0.3 is 15.2 Å². The van der Waals surface area contributed by atoms with Crippen LogP contribution in [0.25, 0.3) is 0 Å². The van der Waals surface area contributed by atoms with Crippen molar-refractivity contribution in [1.29, 1.82) is 0 Å². The van der Waals surface area contributed by atoms with E-state index >= 15 is 0 Å². The largest absolute Gasteiger partial charge is 0.492 e. The van der Waals surface area contributed by atoms with E-state index in [4.69, 9.17) is 9.84 Å². The van der Waals surface area contributed by atoms with E-state index in [1.807, 2.05) is 0 Å². The minimum atomic E-state index is -1.00. The fourth-order valence-corrected chi connectivity index (χ4v) is 1.71. The van der Waals surface area contributed by atoms with Crippen molar-refractivity contribution in [1.82, 2.24) is 0 Å². The first-order valence-corrected chi connectivity index (χ1v) is 6.21. The molecule has 2 N–H and O–H groups in total. The Kier molecular flexibility index (Phi) is 4.71. The summed E-state index contributed by atoms with van der Waals surface area (Å²) >= 11 is 0. The number of ether oxygens (including phenoxy) is 1. The lowest BCUT2D eigenvalue weighted by molar-refractivity contribution is 0.0697. The number of halogens is 2. The van der Waals surface area contributed by atoms with Crippen LogP contribution in [-0.4, -0.2) is 24.2 Å². The third-order valence-corrected chi connectivity index (χ3v) is 2.66. The number of rotatable bonds is 6. The highest BCUT2D eigenvalue weighted by molar-refractivity contribution is 5.87. The van der Waals surface area contributed by atoms with Crippen molar-refractivity contribution >= 4 is 11.7 Å². The van der Waals surface area contributed by atoms with Crippen molar-refractivity contribution in [2.75, 3.05) is 18.5 Å². The van der Waals surface area contributed by atoms with E-state index in [0.717, 1.165) is 6.07 Å². The van der Waals surface area contributed by atoms with Gasteiger partial charge in [-0.3, -0.25) is 0 Å². The molecule has 0 aliphatic carbocycles. The lowest BCUT2D eigenvalue weighted by Gasteiger charge is -2.09. The molecule has 6 heteroatoms. The van der Waals surface area contributed by atoms with Gasteiger partial charge in [0.1, 0.15) is 24.0 Å². The van der Waals surface area contributed by atoms with E-state index in [1.54, 1.807) is 12.1 Å². The SMILES string of the molecule is O=C(O)c1ccc(OCCNc2cc(F)cc(F)c2)cc1. The summed E-state index contributed by atoms with van der Waals surface area (Å²) < 4.78 is 31.3. The smallest absolute Gasteiger partial charge is 0.335 e. The Bertz CT molecular complexity index is 609. The van der Waals surface area contributed by atoms with Crippen LogP contribution in [0.4, 0.5) is 14.5 Å². The third kappa shape index (κ3) is 4.45. The summed E-state index contributed by atoms with van der Waals surface area (Å²) in [5.41, 5.74) is 0.507. The van der Waals surface area contributed by atoms with Crippen molar-refractivity contribution in [3.05, 3.63) is 59.7 Å². The molecule has 21 heavy (non-hydrogen) atoms. The van der Waals surface area contributed by atoms with E-state index in [1.165, 1.54) is 24.3 Å². The molecule has 110 valence electrons. The number of carboxylic acid groups (broad SMARTS) is 1. The number of hydrogen-bond donors (Lipinski definition) is 2. The van der Waals surface area contributed by atoms with Gasteiger partial charge in [0.2, 0.25) is 0 Å². The Morgan fingerprint density at radius 1 is 1.10 bits per heavy atom. The first-order chi connectivity index (χ1) is 10.0. The lowest BCUT2D eigenvalue weighted by atomic mass is 10.2. The van der Waals surface area contributed by atoms with Gasteiger partial charge >= 0.3 is 5.97 Å². The second-order valence-corrected chi connectivity index (χ2v) is 4.26. The molecule has 0 atom stereocenters. The molecule has 0 saturated heterocycles. The molecule has 2 aromatic carbocycles. The molecule has 0 unspecified atom stereocenters. The van der Waals surface area contributed by atoms with Crippen LogP contribution in [0, 0.1) is 11.6 Å². The summed E-state index contributed by atoms with van der Waals surface area (Å²) in [5.74, 6) is -1.78. The standard InChI is InChI=1S/C15H13F2NO3/c16-11-7-12(17)9-13(8-11)18-5-6-21-14-3-1-10(2-4-14)15(19)20/h1-4,7-9,18H,5-6H2,(H,19,20). The molecule has 0 radical (unpaired) electrons. The van der Waals surface area contributed by atoms with Gasteiger partial charge in [0, 0.05) is 18.3 Å². The topological polar surface area (TPSA) is 58.6 Å². The molecule has 0 heterocycles. The predicted molar refractivity (Wildman–Crippen MR) is 73.7 cm³/mol. The van der Waals surface area contributed by atoms with Gasteiger partial charge in [0.15, 0.2) is 0 Å². The maximum atomic E-state index is 12.9. The van der Waals surface area contributed by atoms with Crippen LogP contribution in [-0.2, 0) is 0 Å². The third-order valence-electron chi connectivity index (χ3n) is 2.66. The molecule has 2 aromatic rings. The molecule has 0 aromatic heterocycles. The molecular weight excluding hydrogens is 280 g/mol. The van der Waals surface area contributed by atoms with Crippen molar-refractivity contribution in [3.8, 4) is 5.75 Å². The monoisotopic (exact) mass is 293 g/mol. The average Bonchev–Trinajstić information content (AvgIpc) is 2.43. The van der Waals surface area contributed by atoms with E-state index in [-0.39, 0.29) is 12.2 Å². The minimum absolute atomic E-state index is 0.177. The van der Waals surface area contributed by atoms with Gasteiger partial charge in [0.05, 0.1) is 5.56 Å². The number of hydrogen-bond acceptors (Lipinski definition) is 3. The molecule has 0 bridgehead atoms. The summed E-state index contributed by atoms with van der Waals surface area (Å²) in [6.45, 7) is 0.619. The zero-order valence-electron chi connectivity index (χ0n) is 11.0. The lowest BCUT2D eigenvalue weighted by Crippen LogP contribution is -2.11. The quantitative estimate of drug-likeness (QED) is 0.803. The highest BCUT2D eigenvalue weighted by atomic mass is 19.1. The highest BCUT2D eigenvalue weighted by Gasteiger charge is 2.02. The molecule has 0 saturated carbocycles. The number of nitrogens with one attached hydrogen (secondary N) is 1. The van der Waals surface area contributed by atoms with Gasteiger partial charge in [-0.1, -0.05) is 0 Å².